The summed E-state index contributed by atoms with van der Waals surface area (Å²) in [7, 11) is -3.40. The van der Waals surface area contributed by atoms with Gasteiger partial charge in [0.2, 0.25) is 0 Å². The Bertz CT molecular complexity index is 995. The Balaban J connectivity index is 1.98. The van der Waals surface area contributed by atoms with Crippen LogP contribution in [0.5, 0.6) is 0 Å². The molecule has 2 aromatic rings. The van der Waals surface area contributed by atoms with E-state index in [1.807, 2.05) is 13.0 Å². The highest BCUT2D eigenvalue weighted by Gasteiger charge is 2.45. The number of sulfone groups is 1. The maximum Gasteiger partial charge on any atom is 0.181 e. The van der Waals surface area contributed by atoms with Crippen LogP contribution in [0.2, 0.25) is 10.0 Å². The normalized spacial score (nSPS) is 24.5. The van der Waals surface area contributed by atoms with Crippen LogP contribution in [-0.2, 0) is 9.84 Å². The van der Waals surface area contributed by atoms with Gasteiger partial charge in [0, 0.05) is 18.2 Å². The van der Waals surface area contributed by atoms with E-state index in [-0.39, 0.29) is 0 Å². The molecule has 1 aromatic heterocycles. The van der Waals surface area contributed by atoms with Crippen molar-refractivity contribution in [1.82, 2.24) is 9.78 Å². The molecule has 0 amide bonds. The first-order valence-corrected chi connectivity index (χ1v) is 9.84. The van der Waals surface area contributed by atoms with Gasteiger partial charge in [-0.3, -0.25) is 0 Å². The van der Waals surface area contributed by atoms with Gasteiger partial charge in [-0.05, 0) is 31.5 Å². The lowest BCUT2D eigenvalue weighted by Crippen LogP contribution is -2.26. The number of nitrogens with one attached hydrogen (secondary N) is 1. The molecule has 0 aliphatic carbocycles. The van der Waals surface area contributed by atoms with Crippen LogP contribution in [0, 0.1) is 6.92 Å². The number of fused-ring (bicyclic) bond motifs is 1. The Morgan fingerprint density at radius 1 is 1.25 bits per heavy atom. The second-order valence-electron chi connectivity index (χ2n) is 6.22. The summed E-state index contributed by atoms with van der Waals surface area (Å²) in [5.74, 6) is 0.784. The van der Waals surface area contributed by atoms with E-state index in [2.05, 4.69) is 10.4 Å². The second kappa shape index (κ2) is 5.25. The van der Waals surface area contributed by atoms with Crippen LogP contribution in [0.4, 0.5) is 5.82 Å². The van der Waals surface area contributed by atoms with Gasteiger partial charge in [0.05, 0.1) is 25.9 Å². The number of benzene rings is 1. The molecule has 0 radical (unpaired) electrons. The molecule has 1 aromatic carbocycles. The van der Waals surface area contributed by atoms with E-state index >= 15 is 0 Å². The first kappa shape index (κ1) is 16.0. The van der Waals surface area contributed by atoms with E-state index < -0.39 is 21.1 Å². The molecular weight excluding hydrogens is 369 g/mol. The number of aryl methyl sites for hydroxylation is 1. The zero-order valence-electron chi connectivity index (χ0n) is 13.0. The molecule has 8 heteroatoms. The Morgan fingerprint density at radius 3 is 2.71 bits per heavy atom. The molecule has 2 aliphatic heterocycles. The maximum absolute atomic E-state index is 12.9. The molecule has 2 atom stereocenters. The molecule has 0 bridgehead atoms. The van der Waals surface area contributed by atoms with Crippen molar-refractivity contribution in [3.05, 3.63) is 56.2 Å². The van der Waals surface area contributed by atoms with E-state index in [1.165, 1.54) is 0 Å². The molecule has 3 heterocycles. The first-order valence-electron chi connectivity index (χ1n) is 7.54. The van der Waals surface area contributed by atoms with Gasteiger partial charge in [0.1, 0.15) is 11.9 Å². The molecule has 2 unspecified atom stereocenters. The fourth-order valence-electron chi connectivity index (χ4n) is 3.37. The predicted molar refractivity (Wildman–Crippen MR) is 95.2 cm³/mol. The van der Waals surface area contributed by atoms with E-state index in [9.17, 15) is 8.42 Å². The SMILES string of the molecule is Cc1cc2n(n1)C(c1ccc(Cl)c(Cl)c1)C1=C(CC(C)S1(=O)=O)N2. The van der Waals surface area contributed by atoms with E-state index in [0.717, 1.165) is 22.8 Å². The lowest BCUT2D eigenvalue weighted by atomic mass is 10.0. The van der Waals surface area contributed by atoms with Gasteiger partial charge < -0.3 is 5.32 Å². The number of rotatable bonds is 1. The molecule has 4 rings (SSSR count). The maximum atomic E-state index is 12.9. The van der Waals surface area contributed by atoms with Gasteiger partial charge in [0.25, 0.3) is 0 Å². The van der Waals surface area contributed by atoms with Crippen LogP contribution in [0.3, 0.4) is 0 Å². The topological polar surface area (TPSA) is 64.0 Å². The molecule has 24 heavy (non-hydrogen) atoms. The first-order chi connectivity index (χ1) is 11.3. The zero-order valence-corrected chi connectivity index (χ0v) is 15.4. The van der Waals surface area contributed by atoms with Gasteiger partial charge >= 0.3 is 0 Å². The molecule has 5 nitrogen and oxygen atoms in total. The number of aromatic nitrogens is 2. The highest BCUT2D eigenvalue weighted by atomic mass is 35.5. The van der Waals surface area contributed by atoms with Crippen LogP contribution in [0.1, 0.15) is 30.6 Å². The van der Waals surface area contributed by atoms with Crippen molar-refractivity contribution in [3.63, 3.8) is 0 Å². The summed E-state index contributed by atoms with van der Waals surface area (Å²) in [6.45, 7) is 3.61. The molecule has 2 aliphatic rings. The molecule has 0 saturated carbocycles. The van der Waals surface area contributed by atoms with Crippen molar-refractivity contribution in [2.45, 2.75) is 31.6 Å². The van der Waals surface area contributed by atoms with Crippen LogP contribution < -0.4 is 5.32 Å². The fraction of sp³-hybridized carbons (Fsp3) is 0.312. The van der Waals surface area contributed by atoms with E-state index in [0.29, 0.717) is 21.4 Å². The van der Waals surface area contributed by atoms with Crippen LogP contribution in [0.15, 0.2) is 34.9 Å². The quantitative estimate of drug-likeness (QED) is 0.809. The minimum absolute atomic E-state index is 0.379. The lowest BCUT2D eigenvalue weighted by molar-refractivity contribution is 0.567. The predicted octanol–water partition coefficient (Wildman–Crippen LogP) is 3.93. The smallest absolute Gasteiger partial charge is 0.181 e. The number of anilines is 1. The van der Waals surface area contributed by atoms with Gasteiger partial charge in [0.15, 0.2) is 9.84 Å². The van der Waals surface area contributed by atoms with Crippen molar-refractivity contribution in [1.29, 1.82) is 0 Å². The second-order valence-corrected chi connectivity index (χ2v) is 9.37. The monoisotopic (exact) mass is 383 g/mol. The van der Waals surface area contributed by atoms with E-state index in [4.69, 9.17) is 23.2 Å². The Kier molecular flexibility index (Phi) is 3.50. The molecule has 0 spiro atoms. The highest BCUT2D eigenvalue weighted by molar-refractivity contribution is 7.96. The van der Waals surface area contributed by atoms with Gasteiger partial charge in [-0.25, -0.2) is 13.1 Å². The Morgan fingerprint density at radius 2 is 2.00 bits per heavy atom. The third kappa shape index (κ3) is 2.20. The van der Waals surface area contributed by atoms with Gasteiger partial charge in [-0.2, -0.15) is 5.10 Å². The summed E-state index contributed by atoms with van der Waals surface area (Å²) in [6, 6.07) is 6.57. The van der Waals surface area contributed by atoms with Crippen LogP contribution >= 0.6 is 23.2 Å². The number of halogens is 2. The van der Waals surface area contributed by atoms with Crippen molar-refractivity contribution >= 4 is 38.9 Å². The summed E-state index contributed by atoms with van der Waals surface area (Å²) in [4.78, 5) is 0.379. The third-order valence-electron chi connectivity index (χ3n) is 4.51. The van der Waals surface area contributed by atoms with Crippen molar-refractivity contribution in [2.24, 2.45) is 0 Å². The number of hydrogen-bond donors (Lipinski definition) is 1. The number of allylic oxidation sites excluding steroid dienone is 2. The molecule has 1 N–H and O–H groups in total. The number of hydrogen-bond acceptors (Lipinski definition) is 4. The highest BCUT2D eigenvalue weighted by Crippen LogP contribution is 2.46. The molecule has 126 valence electrons. The number of nitrogens with zero attached hydrogens (tertiary/aromatic N) is 2. The summed E-state index contributed by atoms with van der Waals surface area (Å²) in [5, 5.41) is 8.10. The molecular formula is C16H15Cl2N3O2S. The summed E-state index contributed by atoms with van der Waals surface area (Å²) >= 11 is 12.2. The summed E-state index contributed by atoms with van der Waals surface area (Å²) < 4.78 is 27.5. The average molecular weight is 384 g/mol. The Hall–Kier alpha value is -1.50. The minimum atomic E-state index is -3.40. The van der Waals surface area contributed by atoms with Crippen LogP contribution in [-0.4, -0.2) is 23.4 Å². The van der Waals surface area contributed by atoms with Gasteiger partial charge in [-0.15, -0.1) is 0 Å². The summed E-state index contributed by atoms with van der Waals surface area (Å²) in [5.41, 5.74) is 2.31. The lowest BCUT2D eigenvalue weighted by Gasteiger charge is -2.27. The Labute approximate surface area is 150 Å². The van der Waals surface area contributed by atoms with Crippen molar-refractivity contribution in [3.8, 4) is 0 Å². The standard InChI is InChI=1S/C16H15Cl2N3O2S/c1-8-5-14-19-13-6-9(2)24(22,23)16(13)15(21(14)20-8)10-3-4-11(17)12(18)7-10/h3-5,7,9,15,19H,6H2,1-2H3. The minimum Gasteiger partial charge on any atom is -0.343 e. The fourth-order valence-corrected chi connectivity index (χ4v) is 5.52. The summed E-state index contributed by atoms with van der Waals surface area (Å²) in [6.07, 6.45) is 0.472. The molecule has 0 saturated heterocycles. The largest absolute Gasteiger partial charge is 0.343 e. The zero-order chi connectivity index (χ0) is 17.2. The van der Waals surface area contributed by atoms with Crippen molar-refractivity contribution < 1.29 is 8.42 Å². The van der Waals surface area contributed by atoms with Crippen LogP contribution in [0.25, 0.3) is 0 Å². The molecule has 0 fully saturated rings. The van der Waals surface area contributed by atoms with Crippen molar-refractivity contribution in [2.75, 3.05) is 5.32 Å². The van der Waals surface area contributed by atoms with E-state index in [1.54, 1.807) is 29.8 Å². The average Bonchev–Trinajstić information content (AvgIpc) is 2.97. The van der Waals surface area contributed by atoms with Gasteiger partial charge in [-0.1, -0.05) is 29.3 Å². The third-order valence-corrected chi connectivity index (χ3v) is 7.56.